The van der Waals surface area contributed by atoms with Crippen LogP contribution in [-0.4, -0.2) is 45.8 Å². The molecule has 1 aromatic carbocycles. The molecule has 1 fully saturated rings. The van der Waals surface area contributed by atoms with Gasteiger partial charge in [0.15, 0.2) is 11.2 Å². The van der Waals surface area contributed by atoms with E-state index < -0.39 is 17.8 Å². The van der Waals surface area contributed by atoms with Crippen LogP contribution >= 0.6 is 12.2 Å². The Kier molecular flexibility index (Phi) is 4.20. The van der Waals surface area contributed by atoms with Gasteiger partial charge in [-0.3, -0.25) is 0 Å². The number of aliphatic hydroxyl groups excluding tert-OH is 2. The molecule has 1 aliphatic heterocycles. The molecule has 1 saturated heterocycles. The van der Waals surface area contributed by atoms with Crippen LogP contribution in [0.15, 0.2) is 30.3 Å². The van der Waals surface area contributed by atoms with E-state index in [0.717, 1.165) is 5.56 Å². The van der Waals surface area contributed by atoms with Crippen LogP contribution in [0.25, 0.3) is 0 Å². The second-order valence-electron chi connectivity index (χ2n) is 4.97. The summed E-state index contributed by atoms with van der Waals surface area (Å²) in [7, 11) is 0. The van der Waals surface area contributed by atoms with E-state index in [9.17, 15) is 10.2 Å². The summed E-state index contributed by atoms with van der Waals surface area (Å²) < 4.78 is 11.2. The van der Waals surface area contributed by atoms with E-state index in [2.05, 4.69) is 0 Å². The first kappa shape index (κ1) is 14.4. The Morgan fingerprint density at radius 2 is 2.05 bits per heavy atom. The van der Waals surface area contributed by atoms with Crippen LogP contribution in [0.3, 0.4) is 0 Å². The average Bonchev–Trinajstić information content (AvgIpc) is 2.64. The first-order chi connectivity index (χ1) is 8.98. The maximum absolute atomic E-state index is 10.2. The molecule has 0 aromatic heterocycles. The summed E-state index contributed by atoms with van der Waals surface area (Å²) in [5.74, 6) is 0. The lowest BCUT2D eigenvalue weighted by Crippen LogP contribution is -2.44. The van der Waals surface area contributed by atoms with Gasteiger partial charge in [0.25, 0.3) is 0 Å². The number of ether oxygens (including phenoxy) is 2. The minimum absolute atomic E-state index is 0.267. The summed E-state index contributed by atoms with van der Waals surface area (Å²) in [4.78, 5) is 0. The number of thiocarbonyl (C=S) groups is 1. The van der Waals surface area contributed by atoms with Crippen molar-refractivity contribution in [1.29, 1.82) is 0 Å². The van der Waals surface area contributed by atoms with Gasteiger partial charge in [-0.15, -0.1) is 0 Å². The molecule has 0 spiro atoms. The van der Waals surface area contributed by atoms with Crippen molar-refractivity contribution in [2.45, 2.75) is 37.8 Å². The second kappa shape index (κ2) is 5.54. The van der Waals surface area contributed by atoms with Crippen molar-refractivity contribution >= 4 is 17.3 Å². The van der Waals surface area contributed by atoms with Crippen molar-refractivity contribution in [1.82, 2.24) is 0 Å². The van der Waals surface area contributed by atoms with E-state index in [1.54, 1.807) is 13.8 Å². The first-order valence-corrected chi connectivity index (χ1v) is 6.61. The molecule has 0 unspecified atom stereocenters. The molecule has 2 N–H and O–H groups in total. The monoisotopic (exact) mass is 282 g/mol. The lowest BCUT2D eigenvalue weighted by molar-refractivity contribution is -0.0950. The molecule has 0 amide bonds. The van der Waals surface area contributed by atoms with Crippen LogP contribution in [0.5, 0.6) is 0 Å². The Morgan fingerprint density at radius 3 is 2.58 bits per heavy atom. The molecule has 4 nitrogen and oxygen atoms in total. The van der Waals surface area contributed by atoms with Crippen LogP contribution in [0.4, 0.5) is 0 Å². The number of benzene rings is 1. The van der Waals surface area contributed by atoms with E-state index in [1.165, 1.54) is 0 Å². The number of rotatable bonds is 3. The molecular formula is C14H18O4S. The molecule has 2 rings (SSSR count). The fourth-order valence-corrected chi connectivity index (χ4v) is 2.47. The molecule has 5 heteroatoms. The highest BCUT2D eigenvalue weighted by atomic mass is 32.1. The summed E-state index contributed by atoms with van der Waals surface area (Å²) in [6.45, 7) is 3.18. The third-order valence-electron chi connectivity index (χ3n) is 3.42. The quantitative estimate of drug-likeness (QED) is 0.818. The average molecular weight is 282 g/mol. The van der Waals surface area contributed by atoms with Gasteiger partial charge in [0.2, 0.25) is 0 Å². The molecule has 0 saturated carbocycles. The summed E-state index contributed by atoms with van der Waals surface area (Å²) in [6, 6.07) is 9.33. The Hall–Kier alpha value is -1.01. The van der Waals surface area contributed by atoms with E-state index in [4.69, 9.17) is 21.7 Å². The molecule has 19 heavy (non-hydrogen) atoms. The van der Waals surface area contributed by atoms with Crippen molar-refractivity contribution < 1.29 is 19.7 Å². The second-order valence-corrected chi connectivity index (χ2v) is 5.35. The molecule has 0 bridgehead atoms. The van der Waals surface area contributed by atoms with Gasteiger partial charge in [0.1, 0.15) is 11.7 Å². The van der Waals surface area contributed by atoms with Gasteiger partial charge in [-0.25, -0.2) is 0 Å². The van der Waals surface area contributed by atoms with E-state index in [1.807, 2.05) is 30.3 Å². The SMILES string of the molecule is C[C@@H]1O[C@](C)(CO)[C@H](O)[C@@H]1OC(=S)c1ccccc1. The van der Waals surface area contributed by atoms with Crippen LogP contribution in [0, 0.1) is 0 Å². The zero-order chi connectivity index (χ0) is 14.0. The van der Waals surface area contributed by atoms with Gasteiger partial charge in [-0.05, 0) is 26.1 Å². The summed E-state index contributed by atoms with van der Waals surface area (Å²) in [5, 5.41) is 19.8. The fourth-order valence-electron chi connectivity index (χ4n) is 2.22. The lowest BCUT2D eigenvalue weighted by Gasteiger charge is -2.25. The first-order valence-electron chi connectivity index (χ1n) is 6.21. The maximum atomic E-state index is 10.2. The molecule has 1 aliphatic rings. The van der Waals surface area contributed by atoms with E-state index in [0.29, 0.717) is 5.05 Å². The predicted molar refractivity (Wildman–Crippen MR) is 75.1 cm³/mol. The van der Waals surface area contributed by atoms with Crippen molar-refractivity contribution in [2.75, 3.05) is 6.61 Å². The van der Waals surface area contributed by atoms with Gasteiger partial charge in [-0.1, -0.05) is 30.3 Å². The van der Waals surface area contributed by atoms with Crippen molar-refractivity contribution in [3.8, 4) is 0 Å². The molecule has 0 aliphatic carbocycles. The summed E-state index contributed by atoms with van der Waals surface area (Å²) in [6.07, 6.45) is -1.84. The molecule has 1 heterocycles. The van der Waals surface area contributed by atoms with Gasteiger partial charge < -0.3 is 19.7 Å². The molecule has 4 atom stereocenters. The van der Waals surface area contributed by atoms with Crippen LogP contribution in [0.2, 0.25) is 0 Å². The normalized spacial score (nSPS) is 34.2. The van der Waals surface area contributed by atoms with Gasteiger partial charge in [0.05, 0.1) is 12.7 Å². The number of aliphatic hydroxyl groups is 2. The van der Waals surface area contributed by atoms with Crippen molar-refractivity contribution in [3.63, 3.8) is 0 Å². The molecule has 104 valence electrons. The minimum Gasteiger partial charge on any atom is -0.474 e. The summed E-state index contributed by atoms with van der Waals surface area (Å²) >= 11 is 5.22. The van der Waals surface area contributed by atoms with Crippen LogP contribution < -0.4 is 0 Å². The predicted octanol–water partition coefficient (Wildman–Crippen LogP) is 1.28. The Morgan fingerprint density at radius 1 is 1.42 bits per heavy atom. The standard InChI is InChI=1S/C14H18O4S/c1-9-11(12(16)14(2,8-15)18-9)17-13(19)10-6-4-3-5-7-10/h3-7,9,11-12,15-16H,8H2,1-2H3/t9-,11+,12+,14+/m0/s1. The van der Waals surface area contributed by atoms with Gasteiger partial charge in [-0.2, -0.15) is 0 Å². The lowest BCUT2D eigenvalue weighted by atomic mass is 9.97. The zero-order valence-corrected chi connectivity index (χ0v) is 11.8. The number of hydrogen-bond donors (Lipinski definition) is 2. The van der Waals surface area contributed by atoms with Crippen molar-refractivity contribution in [2.24, 2.45) is 0 Å². The largest absolute Gasteiger partial charge is 0.474 e. The third kappa shape index (κ3) is 2.79. The molecule has 1 aromatic rings. The number of hydrogen-bond acceptors (Lipinski definition) is 5. The van der Waals surface area contributed by atoms with Crippen LogP contribution in [0.1, 0.15) is 19.4 Å². The highest BCUT2D eigenvalue weighted by Gasteiger charge is 2.51. The third-order valence-corrected chi connectivity index (χ3v) is 3.75. The Labute approximate surface area is 118 Å². The zero-order valence-electron chi connectivity index (χ0n) is 10.9. The van der Waals surface area contributed by atoms with Gasteiger partial charge in [0, 0.05) is 5.56 Å². The highest BCUT2D eigenvalue weighted by molar-refractivity contribution is 7.80. The topological polar surface area (TPSA) is 58.9 Å². The Balaban J connectivity index is 2.09. The highest BCUT2D eigenvalue weighted by Crippen LogP contribution is 2.32. The van der Waals surface area contributed by atoms with Crippen molar-refractivity contribution in [3.05, 3.63) is 35.9 Å². The van der Waals surface area contributed by atoms with E-state index >= 15 is 0 Å². The maximum Gasteiger partial charge on any atom is 0.191 e. The molecular weight excluding hydrogens is 264 g/mol. The Bertz CT molecular complexity index is 450. The van der Waals surface area contributed by atoms with E-state index in [-0.39, 0.29) is 12.7 Å². The van der Waals surface area contributed by atoms with Gasteiger partial charge >= 0.3 is 0 Å². The minimum atomic E-state index is -1.00. The molecule has 0 radical (unpaired) electrons. The fraction of sp³-hybridized carbons (Fsp3) is 0.500. The van der Waals surface area contributed by atoms with Crippen LogP contribution in [-0.2, 0) is 9.47 Å². The summed E-state index contributed by atoms with van der Waals surface area (Å²) in [5.41, 5.74) is -0.217. The smallest absolute Gasteiger partial charge is 0.191 e.